The first-order chi connectivity index (χ1) is 14.7. The Labute approximate surface area is 174 Å². The second-order valence-corrected chi connectivity index (χ2v) is 7.24. The number of fused-ring (bicyclic) bond motifs is 2. The van der Waals surface area contributed by atoms with Gasteiger partial charge >= 0.3 is 0 Å². The first-order valence-electron chi connectivity index (χ1n) is 9.84. The number of nitrogens with zero attached hydrogens (tertiary/aromatic N) is 2. The molecule has 3 heterocycles. The maximum Gasteiger partial charge on any atom is 0.258 e. The van der Waals surface area contributed by atoms with E-state index in [0.717, 1.165) is 33.5 Å². The Hall–Kier alpha value is -3.80. The number of hydrogen-bond acceptors (Lipinski definition) is 4. The summed E-state index contributed by atoms with van der Waals surface area (Å²) in [6.45, 7) is 1.48. The van der Waals surface area contributed by atoms with Crippen LogP contribution >= 0.6 is 0 Å². The molecule has 1 aliphatic heterocycles. The zero-order valence-corrected chi connectivity index (χ0v) is 16.6. The number of nitrogens with one attached hydrogen (secondary N) is 1. The van der Waals surface area contributed by atoms with Crippen molar-refractivity contribution in [2.45, 2.75) is 6.54 Å². The first kappa shape index (κ1) is 18.2. The van der Waals surface area contributed by atoms with Crippen LogP contribution in [0, 0.1) is 0 Å². The molecule has 0 atom stereocenters. The summed E-state index contributed by atoms with van der Waals surface area (Å²) in [5, 5.41) is 1.04. The average molecular weight is 399 g/mol. The minimum absolute atomic E-state index is 0.0293. The van der Waals surface area contributed by atoms with E-state index in [1.165, 1.54) is 0 Å². The molecule has 30 heavy (non-hydrogen) atoms. The molecule has 2 aromatic carbocycles. The summed E-state index contributed by atoms with van der Waals surface area (Å²) in [5.74, 6) is 1.37. The van der Waals surface area contributed by atoms with Crippen molar-refractivity contribution in [3.8, 4) is 22.6 Å². The van der Waals surface area contributed by atoms with Crippen LogP contribution in [0.3, 0.4) is 0 Å². The topological polar surface area (TPSA) is 67.5 Å². The van der Waals surface area contributed by atoms with Crippen molar-refractivity contribution in [1.82, 2.24) is 14.9 Å². The highest BCUT2D eigenvalue weighted by molar-refractivity contribution is 5.99. The molecule has 0 fully saturated rings. The van der Waals surface area contributed by atoms with E-state index in [1.54, 1.807) is 13.3 Å². The van der Waals surface area contributed by atoms with Gasteiger partial charge in [-0.25, -0.2) is 4.98 Å². The number of aromatic amines is 1. The largest absolute Gasteiger partial charge is 0.497 e. The zero-order chi connectivity index (χ0) is 20.5. The molecule has 0 saturated carbocycles. The van der Waals surface area contributed by atoms with Gasteiger partial charge in [-0.3, -0.25) is 4.79 Å². The fraction of sp³-hybridized carbons (Fsp3) is 0.167. The molecule has 0 radical (unpaired) electrons. The lowest BCUT2D eigenvalue weighted by Gasteiger charge is -2.20. The maximum atomic E-state index is 13.2. The molecule has 6 heteroatoms. The van der Waals surface area contributed by atoms with Crippen LogP contribution in [0.5, 0.6) is 11.5 Å². The van der Waals surface area contributed by atoms with Gasteiger partial charge in [0.1, 0.15) is 23.8 Å². The summed E-state index contributed by atoms with van der Waals surface area (Å²) < 4.78 is 11.3. The minimum atomic E-state index is -0.0293. The lowest BCUT2D eigenvalue weighted by Crippen LogP contribution is -2.31. The third-order valence-corrected chi connectivity index (χ3v) is 5.40. The van der Waals surface area contributed by atoms with E-state index in [-0.39, 0.29) is 5.91 Å². The summed E-state index contributed by atoms with van der Waals surface area (Å²) in [5.41, 5.74) is 4.49. The van der Waals surface area contributed by atoms with E-state index in [9.17, 15) is 4.79 Å². The van der Waals surface area contributed by atoms with Crippen LogP contribution in [-0.4, -0.2) is 41.0 Å². The van der Waals surface area contributed by atoms with E-state index in [0.29, 0.717) is 31.0 Å². The summed E-state index contributed by atoms with van der Waals surface area (Å²) in [6.07, 6.45) is 3.66. The fourth-order valence-corrected chi connectivity index (χ4v) is 3.88. The number of ether oxygens (including phenoxy) is 2. The van der Waals surface area contributed by atoms with E-state index >= 15 is 0 Å². The van der Waals surface area contributed by atoms with Gasteiger partial charge in [-0.15, -0.1) is 0 Å². The molecule has 150 valence electrons. The standard InChI is InChI=1S/C24H21N3O3/c1-29-18-4-2-3-16(13-18)15-27-11-12-30-22-14-17(5-6-21(22)24(27)28)19-7-9-25-23-20(19)8-10-26-23/h2-10,13-14H,11-12,15H2,1H3,(H,25,26). The van der Waals surface area contributed by atoms with Crippen LogP contribution < -0.4 is 9.47 Å². The number of benzene rings is 2. The van der Waals surface area contributed by atoms with Gasteiger partial charge in [0.05, 0.1) is 19.2 Å². The Morgan fingerprint density at radius 2 is 2.07 bits per heavy atom. The number of methoxy groups -OCH3 is 1. The molecule has 6 nitrogen and oxygen atoms in total. The van der Waals surface area contributed by atoms with Crippen LogP contribution in [-0.2, 0) is 6.54 Å². The molecule has 0 unspecified atom stereocenters. The second kappa shape index (κ2) is 7.55. The molecule has 0 spiro atoms. The van der Waals surface area contributed by atoms with Crippen LogP contribution in [0.1, 0.15) is 15.9 Å². The maximum absolute atomic E-state index is 13.2. The molecule has 5 rings (SSSR count). The monoisotopic (exact) mass is 399 g/mol. The van der Waals surface area contributed by atoms with Crippen molar-refractivity contribution >= 4 is 16.9 Å². The van der Waals surface area contributed by atoms with Crippen LogP contribution in [0.25, 0.3) is 22.2 Å². The second-order valence-electron chi connectivity index (χ2n) is 7.24. The lowest BCUT2D eigenvalue weighted by atomic mass is 10.0. The molecular weight excluding hydrogens is 378 g/mol. The summed E-state index contributed by atoms with van der Waals surface area (Å²) in [7, 11) is 1.64. The first-order valence-corrected chi connectivity index (χ1v) is 9.84. The van der Waals surface area contributed by atoms with E-state index in [1.807, 2.05) is 65.7 Å². The highest BCUT2D eigenvalue weighted by Crippen LogP contribution is 2.33. The van der Waals surface area contributed by atoms with Crippen LogP contribution in [0.2, 0.25) is 0 Å². The molecule has 4 aromatic rings. The van der Waals surface area contributed by atoms with Gasteiger partial charge in [0.15, 0.2) is 0 Å². The van der Waals surface area contributed by atoms with Crippen molar-refractivity contribution in [3.05, 3.63) is 78.1 Å². The van der Waals surface area contributed by atoms with E-state index in [4.69, 9.17) is 9.47 Å². The van der Waals surface area contributed by atoms with Crippen molar-refractivity contribution in [1.29, 1.82) is 0 Å². The number of aromatic nitrogens is 2. The SMILES string of the molecule is COc1cccc(CN2CCOc3cc(-c4ccnc5[nH]ccc45)ccc3C2=O)c1. The number of rotatable bonds is 4. The predicted octanol–water partition coefficient (Wildman–Crippen LogP) is 4.27. The lowest BCUT2D eigenvalue weighted by molar-refractivity contribution is 0.0743. The highest BCUT2D eigenvalue weighted by atomic mass is 16.5. The Morgan fingerprint density at radius 3 is 2.97 bits per heavy atom. The van der Waals surface area contributed by atoms with Gasteiger partial charge in [0.25, 0.3) is 5.91 Å². The van der Waals surface area contributed by atoms with Crippen LogP contribution in [0.15, 0.2) is 67.0 Å². The fourth-order valence-electron chi connectivity index (χ4n) is 3.88. The normalized spacial score (nSPS) is 13.6. The van der Waals surface area contributed by atoms with Gasteiger partial charge in [-0.1, -0.05) is 18.2 Å². The quantitative estimate of drug-likeness (QED) is 0.556. The molecule has 1 N–H and O–H groups in total. The average Bonchev–Trinajstić information content (AvgIpc) is 3.21. The summed E-state index contributed by atoms with van der Waals surface area (Å²) >= 11 is 0. The van der Waals surface area contributed by atoms with Gasteiger partial charge in [0.2, 0.25) is 0 Å². The van der Waals surface area contributed by atoms with Crippen molar-refractivity contribution in [2.75, 3.05) is 20.3 Å². The number of pyridine rings is 1. The highest BCUT2D eigenvalue weighted by Gasteiger charge is 2.24. The van der Waals surface area contributed by atoms with Gasteiger partial charge in [-0.2, -0.15) is 0 Å². The smallest absolute Gasteiger partial charge is 0.258 e. The Bertz CT molecular complexity index is 1230. The molecule has 2 aromatic heterocycles. The Kier molecular flexibility index (Phi) is 4.59. The van der Waals surface area contributed by atoms with Crippen molar-refractivity contribution in [3.63, 3.8) is 0 Å². The minimum Gasteiger partial charge on any atom is -0.497 e. The molecule has 0 bridgehead atoms. The third kappa shape index (κ3) is 3.26. The number of amides is 1. The van der Waals surface area contributed by atoms with Crippen LogP contribution in [0.4, 0.5) is 0 Å². The third-order valence-electron chi connectivity index (χ3n) is 5.40. The Morgan fingerprint density at radius 1 is 1.13 bits per heavy atom. The molecule has 0 aliphatic carbocycles. The molecule has 1 amide bonds. The van der Waals surface area contributed by atoms with Gasteiger partial charge < -0.3 is 19.4 Å². The number of carbonyl (C=O) groups is 1. The van der Waals surface area contributed by atoms with E-state index in [2.05, 4.69) is 9.97 Å². The number of carbonyl (C=O) groups excluding carboxylic acids is 1. The summed E-state index contributed by atoms with van der Waals surface area (Å²) in [4.78, 5) is 22.5. The zero-order valence-electron chi connectivity index (χ0n) is 16.6. The predicted molar refractivity (Wildman–Crippen MR) is 115 cm³/mol. The molecular formula is C24H21N3O3. The Balaban J connectivity index is 1.46. The summed E-state index contributed by atoms with van der Waals surface area (Å²) in [6, 6.07) is 17.5. The van der Waals surface area contributed by atoms with Crippen molar-refractivity contribution < 1.29 is 14.3 Å². The molecule has 1 aliphatic rings. The van der Waals surface area contributed by atoms with Gasteiger partial charge in [-0.05, 0) is 53.1 Å². The van der Waals surface area contributed by atoms with E-state index < -0.39 is 0 Å². The van der Waals surface area contributed by atoms with Gasteiger partial charge in [0, 0.05) is 24.3 Å². The number of H-pyrrole nitrogens is 1. The van der Waals surface area contributed by atoms with Crippen molar-refractivity contribution in [2.24, 2.45) is 0 Å². The number of hydrogen-bond donors (Lipinski definition) is 1. The molecule has 0 saturated heterocycles.